The van der Waals surface area contributed by atoms with Gasteiger partial charge in [-0.1, -0.05) is 35.5 Å². The maximum atomic E-state index is 10.9. The Bertz CT molecular complexity index is 897. The molecule has 6 nitrogen and oxygen atoms in total. The normalized spacial score (nSPS) is 15.8. The Morgan fingerprint density at radius 3 is 2.47 bits per heavy atom. The van der Waals surface area contributed by atoms with Crippen LogP contribution in [0.2, 0.25) is 5.02 Å². The van der Waals surface area contributed by atoms with Crippen molar-refractivity contribution in [1.82, 2.24) is 14.8 Å². The van der Waals surface area contributed by atoms with Crippen molar-refractivity contribution in [3.63, 3.8) is 0 Å². The van der Waals surface area contributed by atoms with E-state index < -0.39 is 0 Å². The zero-order valence-corrected chi connectivity index (χ0v) is 21.2. The maximum absolute atomic E-state index is 10.9. The van der Waals surface area contributed by atoms with Crippen molar-refractivity contribution in [3.05, 3.63) is 41.6 Å². The number of pyridine rings is 1. The molecule has 1 aromatic carbocycles. The second-order valence-corrected chi connectivity index (χ2v) is 9.09. The van der Waals surface area contributed by atoms with Crippen molar-refractivity contribution in [2.45, 2.75) is 23.1 Å². The smallest absolute Gasteiger partial charge is 0.302 e. The van der Waals surface area contributed by atoms with Gasteiger partial charge in [-0.2, -0.15) is 0 Å². The molecule has 0 unspecified atom stereocenters. The lowest BCUT2D eigenvalue weighted by Gasteiger charge is -2.35. The van der Waals surface area contributed by atoms with Crippen LogP contribution in [0.3, 0.4) is 0 Å². The standard InChI is InChI=1S/C22H27ClN4O2S.2ClH/c1-17(28)29-14-13-26-11-9-25(10-12-26)7-4-8-27-19-5-2-3-6-20(19)30-21-15-18(23)16-24-22(21)27;;/h2-3,5-6,15-16H,4,7-14H2,1H3;2*1H. The van der Waals surface area contributed by atoms with E-state index in [1.165, 1.54) is 17.5 Å². The summed E-state index contributed by atoms with van der Waals surface area (Å²) in [5, 5.41) is 0.673. The lowest BCUT2D eigenvalue weighted by molar-refractivity contribution is -0.141. The average Bonchev–Trinajstić information content (AvgIpc) is 2.74. The highest BCUT2D eigenvalue weighted by Gasteiger charge is 2.25. The molecule has 0 amide bonds. The van der Waals surface area contributed by atoms with Crippen LogP contribution in [-0.4, -0.2) is 73.2 Å². The van der Waals surface area contributed by atoms with Crippen LogP contribution in [0.4, 0.5) is 11.5 Å². The van der Waals surface area contributed by atoms with Crippen molar-refractivity contribution >= 4 is 65.7 Å². The lowest BCUT2D eigenvalue weighted by Crippen LogP contribution is -2.47. The molecule has 0 N–H and O–H groups in total. The number of halogens is 3. The first kappa shape index (κ1) is 27.0. The number of carbonyl (C=O) groups is 1. The summed E-state index contributed by atoms with van der Waals surface area (Å²) in [6.45, 7) is 8.89. The number of benzene rings is 1. The molecule has 1 saturated heterocycles. The van der Waals surface area contributed by atoms with Gasteiger partial charge in [-0.05, 0) is 31.2 Å². The van der Waals surface area contributed by atoms with E-state index in [-0.39, 0.29) is 30.8 Å². The van der Waals surface area contributed by atoms with Crippen molar-refractivity contribution in [2.75, 3.05) is 57.3 Å². The fraction of sp³-hybridized carbons (Fsp3) is 0.455. The molecule has 0 bridgehead atoms. The Morgan fingerprint density at radius 1 is 1.06 bits per heavy atom. The summed E-state index contributed by atoms with van der Waals surface area (Å²) in [4.78, 5) is 25.1. The van der Waals surface area contributed by atoms with Crippen LogP contribution in [0.25, 0.3) is 0 Å². The van der Waals surface area contributed by atoms with Gasteiger partial charge in [-0.25, -0.2) is 4.98 Å². The summed E-state index contributed by atoms with van der Waals surface area (Å²) in [6, 6.07) is 10.5. The van der Waals surface area contributed by atoms with Gasteiger partial charge in [0.05, 0.1) is 15.6 Å². The topological polar surface area (TPSA) is 48.9 Å². The van der Waals surface area contributed by atoms with E-state index in [1.54, 1.807) is 18.0 Å². The first-order chi connectivity index (χ1) is 14.6. The molecule has 0 radical (unpaired) electrons. The third-order valence-electron chi connectivity index (χ3n) is 5.46. The van der Waals surface area contributed by atoms with Crippen LogP contribution in [0, 0.1) is 0 Å². The van der Waals surface area contributed by atoms with E-state index in [4.69, 9.17) is 16.3 Å². The molecule has 4 rings (SSSR count). The van der Waals surface area contributed by atoms with Crippen molar-refractivity contribution in [2.24, 2.45) is 0 Å². The Morgan fingerprint density at radius 2 is 1.75 bits per heavy atom. The number of anilines is 2. The van der Waals surface area contributed by atoms with E-state index in [1.807, 2.05) is 6.07 Å². The molecular formula is C22H29Cl3N4O2S. The van der Waals surface area contributed by atoms with Gasteiger partial charge >= 0.3 is 5.97 Å². The monoisotopic (exact) mass is 518 g/mol. The van der Waals surface area contributed by atoms with E-state index in [9.17, 15) is 4.79 Å². The fourth-order valence-electron chi connectivity index (χ4n) is 3.92. The second kappa shape index (κ2) is 12.9. The van der Waals surface area contributed by atoms with E-state index in [2.05, 4.69) is 43.9 Å². The summed E-state index contributed by atoms with van der Waals surface area (Å²) >= 11 is 7.92. The van der Waals surface area contributed by atoms with E-state index in [0.717, 1.165) is 62.9 Å². The van der Waals surface area contributed by atoms with Crippen LogP contribution in [0.1, 0.15) is 13.3 Å². The van der Waals surface area contributed by atoms with Crippen molar-refractivity contribution in [1.29, 1.82) is 0 Å². The summed E-state index contributed by atoms with van der Waals surface area (Å²) in [5.74, 6) is 0.794. The van der Waals surface area contributed by atoms with Crippen LogP contribution in [0.15, 0.2) is 46.3 Å². The summed E-state index contributed by atoms with van der Waals surface area (Å²) in [7, 11) is 0. The number of ether oxygens (including phenoxy) is 1. The minimum atomic E-state index is -0.204. The third kappa shape index (κ3) is 6.89. The SMILES string of the molecule is CC(=O)OCCN1CCN(CCCN2c3ccccc3Sc3cc(Cl)cnc32)CC1.Cl.Cl. The Hall–Kier alpha value is -1.22. The zero-order chi connectivity index (χ0) is 20.9. The number of rotatable bonds is 7. The van der Waals surface area contributed by atoms with E-state index >= 15 is 0 Å². The van der Waals surface area contributed by atoms with Crippen LogP contribution >= 0.6 is 48.2 Å². The number of piperazine rings is 1. The Kier molecular flexibility index (Phi) is 10.9. The largest absolute Gasteiger partial charge is 0.465 e. The molecule has 10 heteroatoms. The van der Waals surface area contributed by atoms with Crippen LogP contribution in [-0.2, 0) is 9.53 Å². The highest BCUT2D eigenvalue weighted by Crippen LogP contribution is 2.47. The quantitative estimate of drug-likeness (QED) is 0.489. The average molecular weight is 520 g/mol. The molecule has 1 fully saturated rings. The Balaban J connectivity index is 0.00000181. The van der Waals surface area contributed by atoms with Gasteiger partial charge in [0.2, 0.25) is 0 Å². The number of hydrogen-bond donors (Lipinski definition) is 0. The number of esters is 1. The lowest BCUT2D eigenvalue weighted by atomic mass is 10.2. The van der Waals surface area contributed by atoms with Crippen molar-refractivity contribution < 1.29 is 9.53 Å². The molecule has 176 valence electrons. The highest BCUT2D eigenvalue weighted by atomic mass is 35.5. The number of carbonyl (C=O) groups excluding carboxylic acids is 1. The molecule has 2 aromatic rings. The molecule has 2 aliphatic rings. The van der Waals surface area contributed by atoms with Gasteiger partial charge in [0.1, 0.15) is 12.4 Å². The number of hydrogen-bond acceptors (Lipinski definition) is 7. The zero-order valence-electron chi connectivity index (χ0n) is 18.0. The second-order valence-electron chi connectivity index (χ2n) is 7.57. The van der Waals surface area contributed by atoms with Crippen LogP contribution in [0.5, 0.6) is 0 Å². The number of aromatic nitrogens is 1. The number of nitrogens with zero attached hydrogens (tertiary/aromatic N) is 4. The molecule has 0 saturated carbocycles. The molecule has 2 aliphatic heterocycles. The first-order valence-corrected chi connectivity index (χ1v) is 11.6. The van der Waals surface area contributed by atoms with Gasteiger partial charge in [0.15, 0.2) is 0 Å². The molecule has 0 spiro atoms. The molecule has 3 heterocycles. The van der Waals surface area contributed by atoms with Gasteiger partial charge < -0.3 is 14.5 Å². The third-order valence-corrected chi connectivity index (χ3v) is 6.76. The summed E-state index contributed by atoms with van der Waals surface area (Å²) in [5.41, 5.74) is 1.22. The van der Waals surface area contributed by atoms with Crippen LogP contribution < -0.4 is 4.90 Å². The molecule has 32 heavy (non-hydrogen) atoms. The number of para-hydroxylation sites is 1. The van der Waals surface area contributed by atoms with E-state index in [0.29, 0.717) is 11.6 Å². The van der Waals surface area contributed by atoms with Gasteiger partial charge in [-0.3, -0.25) is 9.69 Å². The molecular weight excluding hydrogens is 491 g/mol. The predicted molar refractivity (Wildman–Crippen MR) is 135 cm³/mol. The summed E-state index contributed by atoms with van der Waals surface area (Å²) < 4.78 is 5.05. The molecule has 0 atom stereocenters. The molecule has 1 aromatic heterocycles. The minimum absolute atomic E-state index is 0. The predicted octanol–water partition coefficient (Wildman–Crippen LogP) is 4.75. The molecule has 0 aliphatic carbocycles. The van der Waals surface area contributed by atoms with Gasteiger partial charge in [-0.15, -0.1) is 24.8 Å². The van der Waals surface area contributed by atoms with Gasteiger partial charge in [0.25, 0.3) is 0 Å². The summed E-state index contributed by atoms with van der Waals surface area (Å²) in [6.07, 6.45) is 2.80. The number of fused-ring (bicyclic) bond motifs is 2. The van der Waals surface area contributed by atoms with Crippen molar-refractivity contribution in [3.8, 4) is 0 Å². The highest BCUT2D eigenvalue weighted by molar-refractivity contribution is 7.99. The fourth-order valence-corrected chi connectivity index (χ4v) is 5.25. The Labute approximate surface area is 211 Å². The maximum Gasteiger partial charge on any atom is 0.302 e. The first-order valence-electron chi connectivity index (χ1n) is 10.4. The minimum Gasteiger partial charge on any atom is -0.465 e. The van der Waals surface area contributed by atoms with Gasteiger partial charge in [0, 0.05) is 57.3 Å².